The van der Waals surface area contributed by atoms with Crippen LogP contribution in [0.3, 0.4) is 0 Å². The fourth-order valence-electron chi connectivity index (χ4n) is 2.57. The molecule has 9 nitrogen and oxygen atoms in total. The molecule has 0 aliphatic heterocycles. The van der Waals surface area contributed by atoms with Gasteiger partial charge in [0, 0.05) is 24.8 Å². The Hall–Kier alpha value is -3.23. The summed E-state index contributed by atoms with van der Waals surface area (Å²) in [6.45, 7) is 3.72. The summed E-state index contributed by atoms with van der Waals surface area (Å²) in [5.41, 5.74) is 0.658. The number of hydrogen-bond donors (Lipinski definition) is 2. The van der Waals surface area contributed by atoms with E-state index < -0.39 is 11.2 Å². The average molecular weight is 343 g/mol. The minimum Gasteiger partial charge on any atom is -0.361 e. The molecular formula is C16H17N5O4. The second-order valence-corrected chi connectivity index (χ2v) is 5.62. The molecule has 0 spiro atoms. The molecule has 0 aliphatic rings. The first-order chi connectivity index (χ1) is 12.0. The van der Waals surface area contributed by atoms with E-state index in [9.17, 15) is 14.4 Å². The first-order valence-electron chi connectivity index (χ1n) is 7.73. The Morgan fingerprint density at radius 3 is 2.88 bits per heavy atom. The Labute approximate surface area is 141 Å². The zero-order valence-corrected chi connectivity index (χ0v) is 13.8. The lowest BCUT2D eigenvalue weighted by Crippen LogP contribution is -2.39. The van der Waals surface area contributed by atoms with Crippen molar-refractivity contribution in [3.63, 3.8) is 0 Å². The summed E-state index contributed by atoms with van der Waals surface area (Å²) in [5.74, 6) is 0.365. The van der Waals surface area contributed by atoms with E-state index in [4.69, 9.17) is 4.52 Å². The summed E-state index contributed by atoms with van der Waals surface area (Å²) in [6, 6.07) is 3.21. The molecule has 0 radical (unpaired) electrons. The van der Waals surface area contributed by atoms with Crippen molar-refractivity contribution in [3.05, 3.63) is 56.2 Å². The number of aryl methyl sites for hydroxylation is 2. The monoisotopic (exact) mass is 343 g/mol. The minimum atomic E-state index is -0.559. The van der Waals surface area contributed by atoms with Crippen LogP contribution in [0.1, 0.15) is 17.0 Å². The topological polar surface area (TPSA) is 123 Å². The standard InChI is InChI=1S/C16H17N5O4/c1-9-12(10(2)25-20-9)8-13(22)17-6-7-21-15(23)11-4-3-5-18-14(11)19-16(21)24/h3-5H,6-8H2,1-2H3,(H,17,22)(H,18,19,24). The number of aromatic nitrogens is 4. The second kappa shape index (κ2) is 6.71. The average Bonchev–Trinajstić information content (AvgIpc) is 2.90. The molecule has 130 valence electrons. The van der Waals surface area contributed by atoms with Gasteiger partial charge in [0.15, 0.2) is 0 Å². The molecule has 3 aromatic heterocycles. The molecule has 1 amide bonds. The van der Waals surface area contributed by atoms with Crippen molar-refractivity contribution < 1.29 is 9.32 Å². The lowest BCUT2D eigenvalue weighted by atomic mass is 10.1. The molecule has 9 heteroatoms. The van der Waals surface area contributed by atoms with Gasteiger partial charge in [0.05, 0.1) is 17.5 Å². The highest BCUT2D eigenvalue weighted by molar-refractivity contribution is 5.79. The molecule has 25 heavy (non-hydrogen) atoms. The molecule has 0 aromatic carbocycles. The highest BCUT2D eigenvalue weighted by Gasteiger charge is 2.13. The third-order valence-electron chi connectivity index (χ3n) is 3.93. The summed E-state index contributed by atoms with van der Waals surface area (Å²) in [5, 5.41) is 6.81. The number of carbonyl (C=O) groups is 1. The summed E-state index contributed by atoms with van der Waals surface area (Å²) < 4.78 is 6.06. The fraction of sp³-hybridized carbons (Fsp3) is 0.312. The van der Waals surface area contributed by atoms with Gasteiger partial charge in [0.1, 0.15) is 11.4 Å². The Balaban J connectivity index is 1.68. The number of aromatic amines is 1. The van der Waals surface area contributed by atoms with Crippen molar-refractivity contribution in [1.29, 1.82) is 0 Å². The van der Waals surface area contributed by atoms with Crippen LogP contribution in [0.5, 0.6) is 0 Å². The van der Waals surface area contributed by atoms with E-state index in [0.29, 0.717) is 16.8 Å². The molecule has 0 fully saturated rings. The van der Waals surface area contributed by atoms with E-state index in [2.05, 4.69) is 20.4 Å². The van der Waals surface area contributed by atoms with Crippen molar-refractivity contribution in [2.75, 3.05) is 6.54 Å². The summed E-state index contributed by atoms with van der Waals surface area (Å²) >= 11 is 0. The van der Waals surface area contributed by atoms with Crippen LogP contribution in [-0.2, 0) is 17.8 Å². The van der Waals surface area contributed by atoms with E-state index in [1.54, 1.807) is 26.0 Å². The number of pyridine rings is 1. The highest BCUT2D eigenvalue weighted by Crippen LogP contribution is 2.12. The van der Waals surface area contributed by atoms with Crippen molar-refractivity contribution in [1.82, 2.24) is 25.0 Å². The molecule has 3 aromatic rings. The van der Waals surface area contributed by atoms with Gasteiger partial charge in [-0.05, 0) is 26.0 Å². The number of nitrogens with one attached hydrogen (secondary N) is 2. The molecule has 0 saturated heterocycles. The van der Waals surface area contributed by atoms with E-state index >= 15 is 0 Å². The molecule has 0 atom stereocenters. The number of fused-ring (bicyclic) bond motifs is 1. The summed E-state index contributed by atoms with van der Waals surface area (Å²) in [7, 11) is 0. The quantitative estimate of drug-likeness (QED) is 0.675. The van der Waals surface area contributed by atoms with Crippen molar-refractivity contribution in [2.24, 2.45) is 0 Å². The molecule has 0 aliphatic carbocycles. The van der Waals surface area contributed by atoms with Gasteiger partial charge in [-0.3, -0.25) is 19.1 Å². The Bertz CT molecular complexity index is 1030. The highest BCUT2D eigenvalue weighted by atomic mass is 16.5. The number of amides is 1. The van der Waals surface area contributed by atoms with Crippen LogP contribution in [0.4, 0.5) is 0 Å². The van der Waals surface area contributed by atoms with Gasteiger partial charge < -0.3 is 9.84 Å². The van der Waals surface area contributed by atoms with Crippen molar-refractivity contribution in [3.8, 4) is 0 Å². The maximum atomic E-state index is 12.3. The van der Waals surface area contributed by atoms with Gasteiger partial charge in [-0.25, -0.2) is 9.78 Å². The van der Waals surface area contributed by atoms with Gasteiger partial charge in [0.25, 0.3) is 5.56 Å². The second-order valence-electron chi connectivity index (χ2n) is 5.62. The van der Waals surface area contributed by atoms with Crippen LogP contribution < -0.4 is 16.6 Å². The largest absolute Gasteiger partial charge is 0.361 e. The van der Waals surface area contributed by atoms with Crippen molar-refractivity contribution in [2.45, 2.75) is 26.8 Å². The van der Waals surface area contributed by atoms with E-state index in [-0.39, 0.29) is 31.1 Å². The van der Waals surface area contributed by atoms with Gasteiger partial charge in [-0.1, -0.05) is 5.16 Å². The van der Waals surface area contributed by atoms with Crippen LogP contribution in [0, 0.1) is 13.8 Å². The Morgan fingerprint density at radius 1 is 1.36 bits per heavy atom. The predicted molar refractivity (Wildman–Crippen MR) is 89.3 cm³/mol. The third kappa shape index (κ3) is 3.35. The number of hydrogen-bond acceptors (Lipinski definition) is 6. The van der Waals surface area contributed by atoms with Crippen LogP contribution in [0.15, 0.2) is 32.4 Å². The zero-order chi connectivity index (χ0) is 18.0. The third-order valence-corrected chi connectivity index (χ3v) is 3.93. The number of nitrogens with zero attached hydrogens (tertiary/aromatic N) is 3. The lowest BCUT2D eigenvalue weighted by molar-refractivity contribution is -0.120. The van der Waals surface area contributed by atoms with Gasteiger partial charge in [0.2, 0.25) is 5.91 Å². The molecular weight excluding hydrogens is 326 g/mol. The first kappa shape index (κ1) is 16.6. The smallest absolute Gasteiger partial charge is 0.330 e. The molecule has 0 bridgehead atoms. The van der Waals surface area contributed by atoms with Gasteiger partial charge >= 0.3 is 5.69 Å². The van der Waals surface area contributed by atoms with Crippen molar-refractivity contribution >= 4 is 16.9 Å². The lowest BCUT2D eigenvalue weighted by Gasteiger charge is -2.07. The maximum absolute atomic E-state index is 12.3. The zero-order valence-electron chi connectivity index (χ0n) is 13.8. The first-order valence-corrected chi connectivity index (χ1v) is 7.73. The van der Waals surface area contributed by atoms with E-state index in [0.717, 1.165) is 10.1 Å². The number of carbonyl (C=O) groups excluding carboxylic acids is 1. The molecule has 3 heterocycles. The van der Waals surface area contributed by atoms with Crippen LogP contribution in [0.25, 0.3) is 11.0 Å². The van der Waals surface area contributed by atoms with E-state index in [1.807, 2.05) is 0 Å². The number of H-pyrrole nitrogens is 1. The molecule has 0 saturated carbocycles. The van der Waals surface area contributed by atoms with Crippen LogP contribution >= 0.6 is 0 Å². The molecule has 2 N–H and O–H groups in total. The Morgan fingerprint density at radius 2 is 2.16 bits per heavy atom. The maximum Gasteiger partial charge on any atom is 0.330 e. The summed E-state index contributed by atoms with van der Waals surface area (Å²) in [6.07, 6.45) is 1.63. The Kier molecular flexibility index (Phi) is 4.46. The van der Waals surface area contributed by atoms with Crippen LogP contribution in [0.2, 0.25) is 0 Å². The normalized spacial score (nSPS) is 11.0. The number of rotatable bonds is 5. The van der Waals surface area contributed by atoms with Crippen LogP contribution in [-0.4, -0.2) is 32.1 Å². The molecule has 0 unspecified atom stereocenters. The minimum absolute atomic E-state index is 0.0618. The van der Waals surface area contributed by atoms with E-state index in [1.165, 1.54) is 6.20 Å². The fourth-order valence-corrected chi connectivity index (χ4v) is 2.57. The SMILES string of the molecule is Cc1noc(C)c1CC(=O)NCCn1c(=O)[nH]c2ncccc2c1=O. The van der Waals surface area contributed by atoms with Gasteiger partial charge in [-0.15, -0.1) is 0 Å². The molecule has 3 rings (SSSR count). The summed E-state index contributed by atoms with van der Waals surface area (Å²) in [4.78, 5) is 42.9. The van der Waals surface area contributed by atoms with Gasteiger partial charge in [-0.2, -0.15) is 0 Å². The predicted octanol–water partition coefficient (Wildman–Crippen LogP) is 0.0485.